The molecule has 0 saturated carbocycles. The zero-order valence-corrected chi connectivity index (χ0v) is 11.9. The van der Waals surface area contributed by atoms with E-state index in [9.17, 15) is 0 Å². The van der Waals surface area contributed by atoms with Gasteiger partial charge in [-0.2, -0.15) is 0 Å². The third-order valence-corrected chi connectivity index (χ3v) is 4.60. The van der Waals surface area contributed by atoms with Crippen molar-refractivity contribution >= 4 is 38.2 Å². The average Bonchev–Trinajstić information content (AvgIpc) is 2.91. The van der Waals surface area contributed by atoms with E-state index in [1.165, 1.54) is 30.8 Å². The molecule has 0 saturated heterocycles. The van der Waals surface area contributed by atoms with Crippen LogP contribution in [0.25, 0.3) is 21.3 Å². The molecule has 0 aliphatic carbocycles. The highest BCUT2D eigenvalue weighted by Gasteiger charge is 2.13. The van der Waals surface area contributed by atoms with Crippen molar-refractivity contribution in [1.29, 1.82) is 0 Å². The van der Waals surface area contributed by atoms with Crippen molar-refractivity contribution in [2.24, 2.45) is 0 Å². The first kappa shape index (κ1) is 11.1. The number of benzene rings is 1. The van der Waals surface area contributed by atoms with Crippen molar-refractivity contribution < 1.29 is 0 Å². The minimum atomic E-state index is 1.03. The van der Waals surface area contributed by atoms with Gasteiger partial charge in [0.25, 0.3) is 0 Å². The number of rotatable bonds is 2. The standard InChI is InChI=1S/C14H12BrNS/c1-2-10-14(12-7-8-13(15)17-12)9-5-3-4-6-11(9)16-10/h3-8,16H,2H2,1H3. The Hall–Kier alpha value is -1.06. The molecule has 1 N–H and O–H groups in total. The van der Waals surface area contributed by atoms with Crippen LogP contribution in [0.4, 0.5) is 0 Å². The number of hydrogen-bond acceptors (Lipinski definition) is 1. The van der Waals surface area contributed by atoms with Gasteiger partial charge in [0.05, 0.1) is 3.79 Å². The molecule has 0 spiro atoms. The number of para-hydroxylation sites is 1. The Balaban J connectivity index is 2.33. The van der Waals surface area contributed by atoms with Gasteiger partial charge < -0.3 is 4.98 Å². The van der Waals surface area contributed by atoms with Crippen molar-refractivity contribution in [3.63, 3.8) is 0 Å². The van der Waals surface area contributed by atoms with Crippen molar-refractivity contribution in [1.82, 2.24) is 4.98 Å². The third kappa shape index (κ3) is 1.83. The van der Waals surface area contributed by atoms with Gasteiger partial charge in [0.15, 0.2) is 0 Å². The summed E-state index contributed by atoms with van der Waals surface area (Å²) in [6, 6.07) is 12.8. The number of aromatic amines is 1. The summed E-state index contributed by atoms with van der Waals surface area (Å²) < 4.78 is 1.18. The number of aromatic nitrogens is 1. The Bertz CT molecular complexity index is 666. The van der Waals surface area contributed by atoms with Crippen LogP contribution in [0.3, 0.4) is 0 Å². The lowest BCUT2D eigenvalue weighted by Gasteiger charge is -1.99. The van der Waals surface area contributed by atoms with Gasteiger partial charge in [0.1, 0.15) is 0 Å². The number of H-pyrrole nitrogens is 1. The molecule has 3 aromatic rings. The fourth-order valence-corrected chi connectivity index (χ4v) is 3.67. The highest BCUT2D eigenvalue weighted by atomic mass is 79.9. The van der Waals surface area contributed by atoms with E-state index in [1.54, 1.807) is 11.3 Å². The fraction of sp³-hybridized carbons (Fsp3) is 0.143. The molecule has 0 amide bonds. The molecular formula is C14H12BrNS. The maximum Gasteiger partial charge on any atom is 0.0705 e. The van der Waals surface area contributed by atoms with Gasteiger partial charge in [-0.3, -0.25) is 0 Å². The Kier molecular flexibility index (Phi) is 2.81. The molecule has 0 atom stereocenters. The average molecular weight is 306 g/mol. The van der Waals surface area contributed by atoms with E-state index < -0.39 is 0 Å². The fourth-order valence-electron chi connectivity index (χ4n) is 2.19. The van der Waals surface area contributed by atoms with Crippen LogP contribution in [0, 0.1) is 0 Å². The summed E-state index contributed by atoms with van der Waals surface area (Å²) in [4.78, 5) is 4.84. The molecule has 0 fully saturated rings. The van der Waals surface area contributed by atoms with Crippen molar-refractivity contribution in [2.75, 3.05) is 0 Å². The predicted molar refractivity (Wildman–Crippen MR) is 78.7 cm³/mol. The summed E-state index contributed by atoms with van der Waals surface area (Å²) >= 11 is 5.32. The van der Waals surface area contributed by atoms with Gasteiger partial charge in [-0.1, -0.05) is 25.1 Å². The summed E-state index contributed by atoms with van der Waals surface area (Å²) in [7, 11) is 0. The highest BCUT2D eigenvalue weighted by molar-refractivity contribution is 9.11. The summed E-state index contributed by atoms with van der Waals surface area (Å²) in [5.41, 5.74) is 3.91. The molecule has 2 aromatic heterocycles. The zero-order valence-electron chi connectivity index (χ0n) is 9.46. The molecule has 86 valence electrons. The van der Waals surface area contributed by atoms with E-state index in [0.717, 1.165) is 6.42 Å². The number of thiophene rings is 1. The number of hydrogen-bond donors (Lipinski definition) is 1. The number of fused-ring (bicyclic) bond motifs is 1. The first-order valence-corrected chi connectivity index (χ1v) is 7.26. The van der Waals surface area contributed by atoms with E-state index in [-0.39, 0.29) is 0 Å². The molecule has 17 heavy (non-hydrogen) atoms. The number of halogens is 1. The lowest BCUT2D eigenvalue weighted by atomic mass is 10.1. The maximum absolute atomic E-state index is 3.54. The van der Waals surface area contributed by atoms with Crippen molar-refractivity contribution in [3.05, 3.63) is 45.9 Å². The van der Waals surface area contributed by atoms with Crippen LogP contribution >= 0.6 is 27.3 Å². The second-order valence-corrected chi connectivity index (χ2v) is 6.44. The number of nitrogens with one attached hydrogen (secondary N) is 1. The molecule has 0 radical (unpaired) electrons. The molecule has 3 heteroatoms. The van der Waals surface area contributed by atoms with Gasteiger partial charge in [-0.05, 0) is 40.5 Å². The van der Waals surface area contributed by atoms with Crippen LogP contribution in [0.15, 0.2) is 40.2 Å². The van der Waals surface area contributed by atoms with Crippen LogP contribution in [0.5, 0.6) is 0 Å². The van der Waals surface area contributed by atoms with Gasteiger partial charge in [-0.25, -0.2) is 0 Å². The van der Waals surface area contributed by atoms with E-state index in [2.05, 4.69) is 64.2 Å². The number of aryl methyl sites for hydroxylation is 1. The molecule has 0 aliphatic rings. The van der Waals surface area contributed by atoms with E-state index >= 15 is 0 Å². The Labute approximate surface area is 113 Å². The smallest absolute Gasteiger partial charge is 0.0705 e. The van der Waals surface area contributed by atoms with E-state index in [4.69, 9.17) is 0 Å². The van der Waals surface area contributed by atoms with Crippen LogP contribution in [0.2, 0.25) is 0 Å². The van der Waals surface area contributed by atoms with Gasteiger partial charge >= 0.3 is 0 Å². The monoisotopic (exact) mass is 305 g/mol. The van der Waals surface area contributed by atoms with Gasteiger partial charge in [-0.15, -0.1) is 11.3 Å². The first-order chi connectivity index (χ1) is 8.29. The topological polar surface area (TPSA) is 15.8 Å². The summed E-state index contributed by atoms with van der Waals surface area (Å²) in [5, 5.41) is 1.32. The molecule has 1 aromatic carbocycles. The second kappa shape index (κ2) is 4.31. The quantitative estimate of drug-likeness (QED) is 0.668. The molecule has 1 nitrogen and oxygen atoms in total. The normalized spacial score (nSPS) is 11.2. The van der Waals surface area contributed by atoms with Crippen LogP contribution in [-0.2, 0) is 6.42 Å². The third-order valence-electron chi connectivity index (χ3n) is 2.96. The summed E-state index contributed by atoms with van der Waals surface area (Å²) in [6.07, 6.45) is 1.03. The van der Waals surface area contributed by atoms with E-state index in [0.29, 0.717) is 0 Å². The van der Waals surface area contributed by atoms with E-state index in [1.807, 2.05) is 0 Å². The summed E-state index contributed by atoms with van der Waals surface area (Å²) in [6.45, 7) is 2.19. The Morgan fingerprint density at radius 3 is 2.71 bits per heavy atom. The SMILES string of the molecule is CCc1[nH]c2ccccc2c1-c1ccc(Br)s1. The largest absolute Gasteiger partial charge is 0.358 e. The maximum atomic E-state index is 3.54. The van der Waals surface area contributed by atoms with Gasteiger partial charge in [0.2, 0.25) is 0 Å². The molecule has 0 bridgehead atoms. The molecule has 2 heterocycles. The van der Waals surface area contributed by atoms with Crippen molar-refractivity contribution in [2.45, 2.75) is 13.3 Å². The molecule has 0 aliphatic heterocycles. The predicted octanol–water partition coefficient (Wildman–Crippen LogP) is 5.22. The first-order valence-electron chi connectivity index (χ1n) is 5.65. The van der Waals surface area contributed by atoms with Gasteiger partial charge in [0, 0.05) is 27.0 Å². The van der Waals surface area contributed by atoms with Crippen molar-refractivity contribution in [3.8, 4) is 10.4 Å². The van der Waals surface area contributed by atoms with Crippen LogP contribution in [-0.4, -0.2) is 4.98 Å². The molecule has 0 unspecified atom stereocenters. The lowest BCUT2D eigenvalue weighted by molar-refractivity contribution is 1.08. The second-order valence-electron chi connectivity index (χ2n) is 3.98. The molecular weight excluding hydrogens is 294 g/mol. The Morgan fingerprint density at radius 2 is 2.00 bits per heavy atom. The van der Waals surface area contributed by atoms with Crippen LogP contribution in [0.1, 0.15) is 12.6 Å². The minimum Gasteiger partial charge on any atom is -0.358 e. The zero-order chi connectivity index (χ0) is 11.8. The molecule has 3 rings (SSSR count). The Morgan fingerprint density at radius 1 is 1.18 bits per heavy atom. The minimum absolute atomic E-state index is 1.03. The summed E-state index contributed by atoms with van der Waals surface area (Å²) in [5.74, 6) is 0. The lowest BCUT2D eigenvalue weighted by Crippen LogP contribution is -1.81. The highest BCUT2D eigenvalue weighted by Crippen LogP contribution is 2.38. The van der Waals surface area contributed by atoms with Crippen LogP contribution < -0.4 is 0 Å².